The van der Waals surface area contributed by atoms with Gasteiger partial charge in [-0.25, -0.2) is 0 Å². The highest BCUT2D eigenvalue weighted by molar-refractivity contribution is 4.93. The van der Waals surface area contributed by atoms with Crippen molar-refractivity contribution in [1.82, 2.24) is 4.90 Å². The van der Waals surface area contributed by atoms with E-state index in [0.717, 1.165) is 19.3 Å². The Labute approximate surface area is 100 Å². The van der Waals surface area contributed by atoms with Gasteiger partial charge in [0.15, 0.2) is 0 Å². The molecule has 1 aliphatic rings. The lowest BCUT2D eigenvalue weighted by molar-refractivity contribution is 0.0938. The van der Waals surface area contributed by atoms with Crippen LogP contribution in [0.15, 0.2) is 0 Å². The fraction of sp³-hybridized carbons (Fsp3) is 1.00. The molecule has 96 valence electrons. The van der Waals surface area contributed by atoms with E-state index in [1.54, 1.807) is 0 Å². The van der Waals surface area contributed by atoms with Crippen molar-refractivity contribution in [1.29, 1.82) is 0 Å². The van der Waals surface area contributed by atoms with E-state index in [0.29, 0.717) is 6.04 Å². The van der Waals surface area contributed by atoms with Crippen molar-refractivity contribution >= 4 is 0 Å². The molecule has 0 bridgehead atoms. The minimum atomic E-state index is -0.318. The van der Waals surface area contributed by atoms with Crippen LogP contribution in [-0.2, 0) is 0 Å². The first-order valence-corrected chi connectivity index (χ1v) is 6.71. The molecule has 0 aliphatic heterocycles. The Morgan fingerprint density at radius 3 is 2.81 bits per heavy atom. The SMILES string of the molecule is CCCCCN(C)C1CCCC(N)(CO)C1. The van der Waals surface area contributed by atoms with Crippen molar-refractivity contribution < 1.29 is 5.11 Å². The molecule has 16 heavy (non-hydrogen) atoms. The summed E-state index contributed by atoms with van der Waals surface area (Å²) in [5.41, 5.74) is 5.85. The van der Waals surface area contributed by atoms with Crippen LogP contribution in [0.4, 0.5) is 0 Å². The molecule has 0 aromatic heterocycles. The molecule has 1 rings (SSSR count). The summed E-state index contributed by atoms with van der Waals surface area (Å²) in [5.74, 6) is 0. The van der Waals surface area contributed by atoms with Gasteiger partial charge in [0.2, 0.25) is 0 Å². The summed E-state index contributed by atoms with van der Waals surface area (Å²) in [6, 6.07) is 0.572. The lowest BCUT2D eigenvalue weighted by Gasteiger charge is -2.40. The van der Waals surface area contributed by atoms with Crippen LogP contribution in [0.2, 0.25) is 0 Å². The van der Waals surface area contributed by atoms with E-state index in [9.17, 15) is 5.11 Å². The predicted molar refractivity (Wildman–Crippen MR) is 68.4 cm³/mol. The van der Waals surface area contributed by atoms with Crippen LogP contribution in [0.25, 0.3) is 0 Å². The second-order valence-corrected chi connectivity index (χ2v) is 5.46. The summed E-state index contributed by atoms with van der Waals surface area (Å²) in [6.45, 7) is 3.53. The van der Waals surface area contributed by atoms with Crippen LogP contribution < -0.4 is 5.73 Å². The van der Waals surface area contributed by atoms with Gasteiger partial charge in [-0.1, -0.05) is 19.8 Å². The van der Waals surface area contributed by atoms with Crippen molar-refractivity contribution in [3.8, 4) is 0 Å². The van der Waals surface area contributed by atoms with Crippen LogP contribution in [0.3, 0.4) is 0 Å². The molecule has 3 nitrogen and oxygen atoms in total. The normalized spacial score (nSPS) is 30.9. The van der Waals surface area contributed by atoms with Gasteiger partial charge < -0.3 is 15.7 Å². The Bertz CT molecular complexity index is 198. The molecule has 1 fully saturated rings. The van der Waals surface area contributed by atoms with Gasteiger partial charge in [0.1, 0.15) is 0 Å². The predicted octanol–water partition coefficient (Wildman–Crippen LogP) is 1.74. The number of nitrogens with two attached hydrogens (primary N) is 1. The quantitative estimate of drug-likeness (QED) is 0.681. The number of rotatable bonds is 6. The van der Waals surface area contributed by atoms with Crippen LogP contribution in [0, 0.1) is 0 Å². The lowest BCUT2D eigenvalue weighted by Crippen LogP contribution is -2.52. The molecular weight excluding hydrogens is 200 g/mol. The van der Waals surface area contributed by atoms with E-state index < -0.39 is 0 Å². The molecule has 0 amide bonds. The minimum Gasteiger partial charge on any atom is -0.394 e. The summed E-state index contributed by atoms with van der Waals surface area (Å²) in [6.07, 6.45) is 8.18. The zero-order valence-corrected chi connectivity index (χ0v) is 10.9. The Morgan fingerprint density at radius 2 is 2.19 bits per heavy atom. The molecule has 0 aromatic carbocycles. The van der Waals surface area contributed by atoms with Crippen molar-refractivity contribution in [2.24, 2.45) is 5.73 Å². The van der Waals surface area contributed by atoms with Crippen LogP contribution in [-0.4, -0.2) is 41.8 Å². The van der Waals surface area contributed by atoms with Crippen molar-refractivity contribution in [2.75, 3.05) is 20.2 Å². The summed E-state index contributed by atoms with van der Waals surface area (Å²) >= 11 is 0. The summed E-state index contributed by atoms with van der Waals surface area (Å²) in [7, 11) is 2.20. The highest BCUT2D eigenvalue weighted by atomic mass is 16.3. The number of hydrogen-bond acceptors (Lipinski definition) is 3. The molecule has 2 unspecified atom stereocenters. The topological polar surface area (TPSA) is 49.5 Å². The van der Waals surface area contributed by atoms with Gasteiger partial charge in [-0.05, 0) is 45.7 Å². The maximum absolute atomic E-state index is 9.32. The molecule has 1 saturated carbocycles. The summed E-state index contributed by atoms with van der Waals surface area (Å²) in [5, 5.41) is 9.32. The third kappa shape index (κ3) is 4.04. The van der Waals surface area contributed by atoms with Gasteiger partial charge in [0, 0.05) is 11.6 Å². The maximum Gasteiger partial charge on any atom is 0.0611 e. The average Bonchev–Trinajstić information content (AvgIpc) is 2.29. The van der Waals surface area contributed by atoms with Gasteiger partial charge in [-0.2, -0.15) is 0 Å². The van der Waals surface area contributed by atoms with E-state index in [1.807, 2.05) is 0 Å². The van der Waals surface area contributed by atoms with Gasteiger partial charge in [0.05, 0.1) is 6.61 Å². The minimum absolute atomic E-state index is 0.131. The summed E-state index contributed by atoms with van der Waals surface area (Å²) < 4.78 is 0. The molecule has 0 spiro atoms. The Hall–Kier alpha value is -0.120. The highest BCUT2D eigenvalue weighted by Gasteiger charge is 2.33. The smallest absolute Gasteiger partial charge is 0.0611 e. The van der Waals surface area contributed by atoms with Gasteiger partial charge >= 0.3 is 0 Å². The fourth-order valence-corrected chi connectivity index (χ4v) is 2.68. The first-order chi connectivity index (χ1) is 7.61. The highest BCUT2D eigenvalue weighted by Crippen LogP contribution is 2.28. The zero-order chi connectivity index (χ0) is 12.0. The molecule has 2 atom stereocenters. The Morgan fingerprint density at radius 1 is 1.44 bits per heavy atom. The van der Waals surface area contributed by atoms with Crippen LogP contribution in [0.1, 0.15) is 51.9 Å². The fourth-order valence-electron chi connectivity index (χ4n) is 2.68. The molecule has 0 aromatic rings. The molecule has 0 saturated heterocycles. The zero-order valence-electron chi connectivity index (χ0n) is 10.9. The first-order valence-electron chi connectivity index (χ1n) is 6.71. The van der Waals surface area contributed by atoms with E-state index in [4.69, 9.17) is 5.73 Å². The standard InChI is InChI=1S/C13H28N2O/c1-3-4-5-9-15(2)12-7-6-8-13(14,10-12)11-16/h12,16H,3-11,14H2,1-2H3. The number of aliphatic hydroxyl groups excluding tert-OH is 1. The molecular formula is C13H28N2O. The number of hydrogen-bond donors (Lipinski definition) is 2. The van der Waals surface area contributed by atoms with E-state index >= 15 is 0 Å². The molecule has 1 aliphatic carbocycles. The number of unbranched alkanes of at least 4 members (excludes halogenated alkanes) is 2. The monoisotopic (exact) mass is 228 g/mol. The number of nitrogens with zero attached hydrogens (tertiary/aromatic N) is 1. The van der Waals surface area contributed by atoms with Crippen LogP contribution in [0.5, 0.6) is 0 Å². The van der Waals surface area contributed by atoms with E-state index in [-0.39, 0.29) is 12.1 Å². The Kier molecular flexibility index (Phi) is 5.73. The average molecular weight is 228 g/mol. The van der Waals surface area contributed by atoms with Crippen molar-refractivity contribution in [3.05, 3.63) is 0 Å². The van der Waals surface area contributed by atoms with Gasteiger partial charge in [0.25, 0.3) is 0 Å². The lowest BCUT2D eigenvalue weighted by atomic mass is 9.80. The van der Waals surface area contributed by atoms with Gasteiger partial charge in [-0.3, -0.25) is 0 Å². The second kappa shape index (κ2) is 6.58. The molecule has 0 radical (unpaired) electrons. The maximum atomic E-state index is 9.32. The summed E-state index contributed by atoms with van der Waals surface area (Å²) in [4.78, 5) is 2.44. The first kappa shape index (κ1) is 13.9. The van der Waals surface area contributed by atoms with Crippen LogP contribution >= 0.6 is 0 Å². The second-order valence-electron chi connectivity index (χ2n) is 5.46. The third-order valence-corrected chi connectivity index (χ3v) is 3.91. The molecule has 0 heterocycles. The van der Waals surface area contributed by atoms with Gasteiger partial charge in [-0.15, -0.1) is 0 Å². The van der Waals surface area contributed by atoms with Crippen molar-refractivity contribution in [2.45, 2.75) is 63.5 Å². The Balaban J connectivity index is 2.35. The molecule has 3 N–H and O–H groups in total. The van der Waals surface area contributed by atoms with Crippen molar-refractivity contribution in [3.63, 3.8) is 0 Å². The van der Waals surface area contributed by atoms with E-state index in [1.165, 1.54) is 32.2 Å². The molecule has 3 heteroatoms. The third-order valence-electron chi connectivity index (χ3n) is 3.91. The largest absolute Gasteiger partial charge is 0.394 e. The van der Waals surface area contributed by atoms with E-state index in [2.05, 4.69) is 18.9 Å². The number of aliphatic hydroxyl groups is 1.